The average Bonchev–Trinajstić information content (AvgIpc) is 2.10. The summed E-state index contributed by atoms with van der Waals surface area (Å²) in [5.74, 6) is 0. The minimum absolute atomic E-state index is 0. The van der Waals surface area contributed by atoms with Gasteiger partial charge in [-0.2, -0.15) is 12.8 Å². The molecule has 0 radical (unpaired) electrons. The molecule has 0 saturated heterocycles. The van der Waals surface area contributed by atoms with E-state index >= 15 is 0 Å². The van der Waals surface area contributed by atoms with Gasteiger partial charge in [-0.25, -0.2) is 0 Å². The molecule has 0 fully saturated rings. The van der Waals surface area contributed by atoms with E-state index in [2.05, 4.69) is 20.3 Å². The zero-order valence-corrected chi connectivity index (χ0v) is 12.6. The number of hydrogen-bond donors (Lipinski definition) is 0. The normalized spacial score (nSPS) is 9.69. The van der Waals surface area contributed by atoms with Crippen LogP contribution in [0.5, 0.6) is 0 Å². The summed E-state index contributed by atoms with van der Waals surface area (Å²) in [6, 6.07) is 0. The Balaban J connectivity index is 0. The van der Waals surface area contributed by atoms with Gasteiger partial charge in [-0.15, -0.1) is 0 Å². The van der Waals surface area contributed by atoms with Crippen LogP contribution < -0.4 is 0 Å². The molecule has 0 aliphatic carbocycles. The molecule has 0 spiro atoms. The maximum absolute atomic E-state index is 2.44. The zero-order chi connectivity index (χ0) is 9.07. The first kappa shape index (κ1) is 16.1. The van der Waals surface area contributed by atoms with Gasteiger partial charge < -0.3 is 6.42 Å². The molecule has 76 valence electrons. The summed E-state index contributed by atoms with van der Waals surface area (Å²) in [5, 5.41) is 0. The third kappa shape index (κ3) is 15.4. The second-order valence-electron chi connectivity index (χ2n) is 3.63. The molecule has 0 unspecified atom stereocenters. The van der Waals surface area contributed by atoms with Gasteiger partial charge >= 0.3 is 0 Å². The summed E-state index contributed by atoms with van der Waals surface area (Å²) in [5.41, 5.74) is 0. The van der Waals surface area contributed by atoms with Crippen molar-refractivity contribution < 1.29 is 19.5 Å². The molecule has 0 aromatic carbocycles. The Bertz CT molecular complexity index is 61.5. The molecule has 0 aliphatic rings. The summed E-state index contributed by atoms with van der Waals surface area (Å²) in [4.78, 5) is 0. The van der Waals surface area contributed by atoms with Gasteiger partial charge in [0.15, 0.2) is 0 Å². The molecule has 0 nitrogen and oxygen atoms in total. The van der Waals surface area contributed by atoms with E-state index in [0.717, 1.165) is 0 Å². The fourth-order valence-electron chi connectivity index (χ4n) is 1.42. The van der Waals surface area contributed by atoms with Gasteiger partial charge in [0.05, 0.1) is 0 Å². The van der Waals surface area contributed by atoms with Crippen LogP contribution in [0.2, 0.25) is 0 Å². The third-order valence-electron chi connectivity index (χ3n) is 2.25. The minimum Gasteiger partial charge on any atom is -0.328 e. The first-order valence-electron chi connectivity index (χ1n) is 5.73. The third-order valence-corrected chi connectivity index (χ3v) is 2.25. The standard InChI is InChI=1S/C12H25.Zn/c1-3-5-7-9-11-12-10-8-6-4-2;/h7H,3-6,8-12H2,1-2H3;/q-1;. The first-order chi connectivity index (χ1) is 5.91. The van der Waals surface area contributed by atoms with Crippen LogP contribution in [-0.2, 0) is 19.5 Å². The predicted molar refractivity (Wildman–Crippen MR) is 57.2 cm³/mol. The van der Waals surface area contributed by atoms with Crippen molar-refractivity contribution in [1.29, 1.82) is 0 Å². The summed E-state index contributed by atoms with van der Waals surface area (Å²) in [7, 11) is 0. The van der Waals surface area contributed by atoms with Crippen LogP contribution in [-0.4, -0.2) is 0 Å². The largest absolute Gasteiger partial charge is 0.328 e. The van der Waals surface area contributed by atoms with E-state index in [-0.39, 0.29) is 19.5 Å². The van der Waals surface area contributed by atoms with Gasteiger partial charge in [0.2, 0.25) is 0 Å². The van der Waals surface area contributed by atoms with Gasteiger partial charge in [0.1, 0.15) is 0 Å². The molecule has 0 aromatic heterocycles. The smallest absolute Gasteiger partial charge is 0 e. The van der Waals surface area contributed by atoms with Crippen molar-refractivity contribution in [1.82, 2.24) is 0 Å². The van der Waals surface area contributed by atoms with Crippen molar-refractivity contribution in [3.05, 3.63) is 6.42 Å². The molecule has 0 bridgehead atoms. The van der Waals surface area contributed by atoms with Crippen molar-refractivity contribution in [2.45, 2.75) is 71.6 Å². The SMILES string of the molecule is CCC[CH-]CCCCCCCC.[Zn]. The Kier molecular flexibility index (Phi) is 18.7. The van der Waals surface area contributed by atoms with Crippen LogP contribution in [0.3, 0.4) is 0 Å². The van der Waals surface area contributed by atoms with Crippen molar-refractivity contribution in [2.75, 3.05) is 0 Å². The predicted octanol–water partition coefficient (Wildman–Crippen LogP) is 4.74. The Morgan fingerprint density at radius 2 is 1.31 bits per heavy atom. The number of hydrogen-bond acceptors (Lipinski definition) is 0. The molecule has 0 rings (SSSR count). The summed E-state index contributed by atoms with van der Waals surface area (Å²) in [6.07, 6.45) is 15.0. The van der Waals surface area contributed by atoms with Gasteiger partial charge in [-0.1, -0.05) is 58.8 Å². The van der Waals surface area contributed by atoms with Gasteiger partial charge in [0, 0.05) is 19.5 Å². The van der Waals surface area contributed by atoms with E-state index in [1.54, 1.807) is 0 Å². The van der Waals surface area contributed by atoms with Crippen molar-refractivity contribution >= 4 is 0 Å². The topological polar surface area (TPSA) is 0 Å². The van der Waals surface area contributed by atoms with Crippen LogP contribution >= 0.6 is 0 Å². The Hall–Kier alpha value is 0.623. The molecule has 0 heterocycles. The Morgan fingerprint density at radius 1 is 0.692 bits per heavy atom. The Labute approximate surface area is 97.6 Å². The van der Waals surface area contributed by atoms with E-state index in [4.69, 9.17) is 0 Å². The van der Waals surface area contributed by atoms with E-state index < -0.39 is 0 Å². The molecule has 0 aromatic rings. The van der Waals surface area contributed by atoms with Crippen molar-refractivity contribution in [3.8, 4) is 0 Å². The monoisotopic (exact) mass is 233 g/mol. The molecule has 0 saturated carbocycles. The van der Waals surface area contributed by atoms with Gasteiger partial charge in [0.25, 0.3) is 0 Å². The maximum Gasteiger partial charge on any atom is 0 e. The van der Waals surface area contributed by atoms with Crippen LogP contribution in [0.1, 0.15) is 71.6 Å². The maximum atomic E-state index is 2.44. The first-order valence-corrected chi connectivity index (χ1v) is 5.73. The fraction of sp³-hybridized carbons (Fsp3) is 0.917. The van der Waals surface area contributed by atoms with Crippen LogP contribution in [0.4, 0.5) is 0 Å². The van der Waals surface area contributed by atoms with E-state index in [1.165, 1.54) is 57.8 Å². The van der Waals surface area contributed by atoms with E-state index in [1.807, 2.05) is 0 Å². The average molecular weight is 235 g/mol. The van der Waals surface area contributed by atoms with Crippen LogP contribution in [0.25, 0.3) is 0 Å². The molecule has 0 N–H and O–H groups in total. The van der Waals surface area contributed by atoms with Crippen molar-refractivity contribution in [3.63, 3.8) is 0 Å². The molecule has 0 aliphatic heterocycles. The van der Waals surface area contributed by atoms with Crippen LogP contribution in [0, 0.1) is 6.42 Å². The van der Waals surface area contributed by atoms with Crippen LogP contribution in [0.15, 0.2) is 0 Å². The van der Waals surface area contributed by atoms with E-state index in [9.17, 15) is 0 Å². The molecule has 1 heteroatoms. The second kappa shape index (κ2) is 15.1. The quantitative estimate of drug-likeness (QED) is 0.307. The summed E-state index contributed by atoms with van der Waals surface area (Å²) in [6.45, 7) is 4.52. The van der Waals surface area contributed by atoms with Gasteiger partial charge in [-0.05, 0) is 0 Å². The fourth-order valence-corrected chi connectivity index (χ4v) is 1.42. The number of unbranched alkanes of at least 4 members (excludes halogenated alkanes) is 9. The van der Waals surface area contributed by atoms with E-state index in [0.29, 0.717) is 0 Å². The van der Waals surface area contributed by atoms with Gasteiger partial charge in [-0.3, -0.25) is 0 Å². The number of rotatable bonds is 9. The molecular formula is C12H25Zn-. The second-order valence-corrected chi connectivity index (χ2v) is 3.63. The summed E-state index contributed by atoms with van der Waals surface area (Å²) >= 11 is 0. The molecular weight excluding hydrogens is 210 g/mol. The molecule has 13 heavy (non-hydrogen) atoms. The molecule has 0 amide bonds. The summed E-state index contributed by atoms with van der Waals surface area (Å²) < 4.78 is 0. The minimum atomic E-state index is 0. The molecule has 0 atom stereocenters. The Morgan fingerprint density at radius 3 is 1.92 bits per heavy atom. The van der Waals surface area contributed by atoms with Crippen molar-refractivity contribution in [2.24, 2.45) is 0 Å². The zero-order valence-electron chi connectivity index (χ0n) is 9.65.